The summed E-state index contributed by atoms with van der Waals surface area (Å²) in [5, 5.41) is 12.5. The van der Waals surface area contributed by atoms with Gasteiger partial charge in [-0.25, -0.2) is 0 Å². The topological polar surface area (TPSA) is 39.1 Å². The largest absolute Gasteiger partial charge is 0.384 e. The maximum absolute atomic E-state index is 9.12. The van der Waals surface area contributed by atoms with Crippen molar-refractivity contribution in [2.75, 3.05) is 31.5 Å². The molecule has 3 nitrogen and oxygen atoms in total. The van der Waals surface area contributed by atoms with Gasteiger partial charge in [-0.1, -0.05) is 13.0 Å². The Bertz CT molecular complexity index is 448. The van der Waals surface area contributed by atoms with Crippen molar-refractivity contribution in [1.29, 1.82) is 5.26 Å². The summed E-state index contributed by atoms with van der Waals surface area (Å²) in [6.45, 7) is 8.72. The Hall–Kier alpha value is -1.53. The van der Waals surface area contributed by atoms with Crippen molar-refractivity contribution in [3.05, 3.63) is 29.3 Å². The molecule has 1 saturated heterocycles. The molecule has 0 amide bonds. The molecule has 1 aromatic carbocycles. The molecule has 96 valence electrons. The number of aryl methyl sites for hydroxylation is 1. The molecule has 0 aromatic heterocycles. The van der Waals surface area contributed by atoms with E-state index < -0.39 is 0 Å². The Balaban J connectivity index is 1.93. The summed E-state index contributed by atoms with van der Waals surface area (Å²) in [6, 6.07) is 8.26. The van der Waals surface area contributed by atoms with Crippen LogP contribution >= 0.6 is 0 Å². The third-order valence-corrected chi connectivity index (χ3v) is 3.69. The van der Waals surface area contributed by atoms with Gasteiger partial charge in [-0.05, 0) is 50.0 Å². The molecule has 1 N–H and O–H groups in total. The Morgan fingerprint density at radius 2 is 2.33 bits per heavy atom. The molecule has 0 aliphatic carbocycles. The third kappa shape index (κ3) is 3.02. The lowest BCUT2D eigenvalue weighted by Gasteiger charge is -2.15. The first-order valence-electron chi connectivity index (χ1n) is 6.70. The molecule has 2 rings (SSSR count). The van der Waals surface area contributed by atoms with Crippen LogP contribution in [0.15, 0.2) is 18.2 Å². The molecule has 3 heteroatoms. The lowest BCUT2D eigenvalue weighted by atomic mass is 10.1. The smallest absolute Gasteiger partial charge is 0.101 e. The molecule has 18 heavy (non-hydrogen) atoms. The first-order valence-corrected chi connectivity index (χ1v) is 6.70. The van der Waals surface area contributed by atoms with E-state index in [2.05, 4.69) is 29.3 Å². The molecule has 1 aliphatic heterocycles. The van der Waals surface area contributed by atoms with E-state index in [1.165, 1.54) is 19.5 Å². The first-order chi connectivity index (χ1) is 8.72. The zero-order valence-corrected chi connectivity index (χ0v) is 11.2. The van der Waals surface area contributed by atoms with Gasteiger partial charge in [-0.2, -0.15) is 5.26 Å². The number of benzene rings is 1. The monoisotopic (exact) mass is 243 g/mol. The minimum Gasteiger partial charge on any atom is -0.384 e. The summed E-state index contributed by atoms with van der Waals surface area (Å²) in [5.74, 6) is 0.706. The van der Waals surface area contributed by atoms with Crippen LogP contribution in [0.2, 0.25) is 0 Å². The van der Waals surface area contributed by atoms with E-state index >= 15 is 0 Å². The van der Waals surface area contributed by atoms with Gasteiger partial charge in [0.05, 0.1) is 11.3 Å². The highest BCUT2D eigenvalue weighted by Crippen LogP contribution is 2.20. The fraction of sp³-hybridized carbons (Fsp3) is 0.533. The molecule has 0 radical (unpaired) electrons. The van der Waals surface area contributed by atoms with Crippen LogP contribution in [0.5, 0.6) is 0 Å². The third-order valence-electron chi connectivity index (χ3n) is 3.69. The van der Waals surface area contributed by atoms with Crippen molar-refractivity contribution in [1.82, 2.24) is 4.90 Å². The van der Waals surface area contributed by atoms with Crippen LogP contribution in [0, 0.1) is 24.2 Å². The van der Waals surface area contributed by atoms with E-state index in [0.717, 1.165) is 29.9 Å². The molecule has 1 unspecified atom stereocenters. The highest BCUT2D eigenvalue weighted by atomic mass is 15.1. The lowest BCUT2D eigenvalue weighted by molar-refractivity contribution is 0.345. The van der Waals surface area contributed by atoms with Crippen LogP contribution in [0.1, 0.15) is 24.5 Å². The van der Waals surface area contributed by atoms with Crippen LogP contribution in [-0.4, -0.2) is 31.1 Å². The highest BCUT2D eigenvalue weighted by Gasteiger charge is 2.20. The Morgan fingerprint density at radius 3 is 3.00 bits per heavy atom. The number of hydrogen-bond donors (Lipinski definition) is 1. The first kappa shape index (κ1) is 12.9. The predicted octanol–water partition coefficient (Wildman–Crippen LogP) is 2.62. The molecule has 1 atom stereocenters. The van der Waals surface area contributed by atoms with Gasteiger partial charge >= 0.3 is 0 Å². The van der Waals surface area contributed by atoms with Crippen LogP contribution in [0.4, 0.5) is 5.69 Å². The number of nitriles is 1. The van der Waals surface area contributed by atoms with E-state index in [-0.39, 0.29) is 0 Å². The standard InChI is InChI=1S/C15H21N3/c1-3-18-7-6-13(11-18)10-17-15-5-4-12(2)8-14(15)9-16/h4-5,8,13,17H,3,6-7,10-11H2,1-2H3. The van der Waals surface area contributed by atoms with E-state index in [1.54, 1.807) is 0 Å². The minimum absolute atomic E-state index is 0.706. The fourth-order valence-corrected chi connectivity index (χ4v) is 2.53. The number of hydrogen-bond acceptors (Lipinski definition) is 3. The number of rotatable bonds is 4. The van der Waals surface area contributed by atoms with Crippen LogP contribution < -0.4 is 5.32 Å². The Kier molecular flexibility index (Phi) is 4.22. The summed E-state index contributed by atoms with van der Waals surface area (Å²) in [4.78, 5) is 2.48. The maximum Gasteiger partial charge on any atom is 0.101 e. The summed E-state index contributed by atoms with van der Waals surface area (Å²) in [5.41, 5.74) is 2.86. The van der Waals surface area contributed by atoms with Crippen molar-refractivity contribution in [3.8, 4) is 6.07 Å². The summed E-state index contributed by atoms with van der Waals surface area (Å²) in [7, 11) is 0. The van der Waals surface area contributed by atoms with E-state index in [1.807, 2.05) is 19.1 Å². The summed E-state index contributed by atoms with van der Waals surface area (Å²) in [6.07, 6.45) is 1.26. The number of nitrogens with one attached hydrogen (secondary N) is 1. The van der Waals surface area contributed by atoms with Crippen molar-refractivity contribution < 1.29 is 0 Å². The summed E-state index contributed by atoms with van der Waals surface area (Å²) < 4.78 is 0. The zero-order valence-electron chi connectivity index (χ0n) is 11.2. The Labute approximate surface area is 109 Å². The molecule has 1 fully saturated rings. The minimum atomic E-state index is 0.706. The van der Waals surface area contributed by atoms with Crippen molar-refractivity contribution in [2.45, 2.75) is 20.3 Å². The van der Waals surface area contributed by atoms with Crippen molar-refractivity contribution in [3.63, 3.8) is 0 Å². The molecule has 0 spiro atoms. The van der Waals surface area contributed by atoms with Crippen LogP contribution in [0.3, 0.4) is 0 Å². The van der Waals surface area contributed by atoms with Gasteiger partial charge in [0.15, 0.2) is 0 Å². The highest BCUT2D eigenvalue weighted by molar-refractivity contribution is 5.58. The van der Waals surface area contributed by atoms with Gasteiger partial charge in [0.2, 0.25) is 0 Å². The molecule has 1 heterocycles. The number of anilines is 1. The molecular weight excluding hydrogens is 222 g/mol. The second-order valence-electron chi connectivity index (χ2n) is 5.09. The molecule has 1 aromatic rings. The van der Waals surface area contributed by atoms with Crippen LogP contribution in [0.25, 0.3) is 0 Å². The van der Waals surface area contributed by atoms with Crippen molar-refractivity contribution in [2.24, 2.45) is 5.92 Å². The van der Waals surface area contributed by atoms with Gasteiger partial charge < -0.3 is 10.2 Å². The normalized spacial score (nSPS) is 19.7. The summed E-state index contributed by atoms with van der Waals surface area (Å²) >= 11 is 0. The Morgan fingerprint density at radius 1 is 1.50 bits per heavy atom. The van der Waals surface area contributed by atoms with E-state index in [4.69, 9.17) is 5.26 Å². The van der Waals surface area contributed by atoms with Gasteiger partial charge in [0, 0.05) is 13.1 Å². The van der Waals surface area contributed by atoms with Gasteiger partial charge in [0.1, 0.15) is 6.07 Å². The fourth-order valence-electron chi connectivity index (χ4n) is 2.53. The van der Waals surface area contributed by atoms with E-state index in [0.29, 0.717) is 5.92 Å². The molecule has 0 saturated carbocycles. The average Bonchev–Trinajstić information content (AvgIpc) is 2.85. The second kappa shape index (κ2) is 5.88. The van der Waals surface area contributed by atoms with Gasteiger partial charge in [-0.3, -0.25) is 0 Å². The average molecular weight is 243 g/mol. The zero-order chi connectivity index (χ0) is 13.0. The second-order valence-corrected chi connectivity index (χ2v) is 5.09. The van der Waals surface area contributed by atoms with Crippen molar-refractivity contribution >= 4 is 5.69 Å². The predicted molar refractivity (Wildman–Crippen MR) is 74.6 cm³/mol. The van der Waals surface area contributed by atoms with E-state index in [9.17, 15) is 0 Å². The maximum atomic E-state index is 9.12. The quantitative estimate of drug-likeness (QED) is 0.883. The number of likely N-dealkylation sites (tertiary alicyclic amines) is 1. The van der Waals surface area contributed by atoms with Gasteiger partial charge in [0.25, 0.3) is 0 Å². The molecule has 0 bridgehead atoms. The molecule has 1 aliphatic rings. The number of nitrogens with zero attached hydrogens (tertiary/aromatic N) is 2. The molecular formula is C15H21N3. The lowest BCUT2D eigenvalue weighted by Crippen LogP contribution is -2.22. The van der Waals surface area contributed by atoms with Gasteiger partial charge in [-0.15, -0.1) is 0 Å². The van der Waals surface area contributed by atoms with Crippen LogP contribution in [-0.2, 0) is 0 Å². The SMILES string of the molecule is CCN1CCC(CNc2ccc(C)cc2C#N)C1.